The molecule has 2 rings (SSSR count). The van der Waals surface area contributed by atoms with Crippen molar-refractivity contribution in [3.8, 4) is 0 Å². The molecule has 0 atom stereocenters. The minimum Gasteiger partial charge on any atom is -0.380 e. The Balaban J connectivity index is 2.39. The van der Waals surface area contributed by atoms with Gasteiger partial charge < -0.3 is 4.74 Å². The summed E-state index contributed by atoms with van der Waals surface area (Å²) in [7, 11) is 0. The first kappa shape index (κ1) is 8.38. The smallest absolute Gasteiger partial charge is 0.150 e. The molecule has 0 amide bonds. The number of halogens is 1. The lowest BCUT2D eigenvalue weighted by Gasteiger charge is -2.27. The first-order valence-corrected chi connectivity index (χ1v) is 4.13. The van der Waals surface area contributed by atoms with Gasteiger partial charge in [-0.1, -0.05) is 0 Å². The number of rotatable bonds is 2. The Bertz CT molecular complexity index is 332. The molecule has 1 aliphatic heterocycles. The van der Waals surface area contributed by atoms with Crippen LogP contribution in [-0.4, -0.2) is 19.5 Å². The maximum Gasteiger partial charge on any atom is 0.150 e. The highest BCUT2D eigenvalue weighted by Crippen LogP contribution is 2.26. The van der Waals surface area contributed by atoms with Crippen molar-refractivity contribution in [3.05, 3.63) is 35.1 Å². The number of aldehydes is 1. The van der Waals surface area contributed by atoms with Gasteiger partial charge in [0, 0.05) is 11.5 Å². The third-order valence-corrected chi connectivity index (χ3v) is 2.25. The van der Waals surface area contributed by atoms with Gasteiger partial charge in [0.05, 0.1) is 13.2 Å². The molecule has 0 aromatic heterocycles. The van der Waals surface area contributed by atoms with Crippen LogP contribution in [0.3, 0.4) is 0 Å². The van der Waals surface area contributed by atoms with Gasteiger partial charge in [-0.2, -0.15) is 0 Å². The lowest BCUT2D eigenvalue weighted by molar-refractivity contribution is 0.00812. The number of ether oxygens (including phenoxy) is 1. The third-order valence-electron chi connectivity index (χ3n) is 2.25. The van der Waals surface area contributed by atoms with Crippen molar-refractivity contribution in [1.29, 1.82) is 0 Å². The van der Waals surface area contributed by atoms with Gasteiger partial charge in [0.15, 0.2) is 0 Å². The van der Waals surface area contributed by atoms with Crippen LogP contribution in [0.5, 0.6) is 0 Å². The standard InChI is InChI=1S/C10H9FO2/c11-9-2-1-7(4-12)10(3-9)8-5-13-6-8/h1-4,8H,5-6H2. The summed E-state index contributed by atoms with van der Waals surface area (Å²) in [4.78, 5) is 10.6. The van der Waals surface area contributed by atoms with Gasteiger partial charge in [-0.25, -0.2) is 4.39 Å². The average Bonchev–Trinajstić information content (AvgIpc) is 2.02. The van der Waals surface area contributed by atoms with Crippen LogP contribution in [0.4, 0.5) is 4.39 Å². The van der Waals surface area contributed by atoms with Crippen LogP contribution in [-0.2, 0) is 4.74 Å². The van der Waals surface area contributed by atoms with E-state index < -0.39 is 0 Å². The lowest BCUT2D eigenvalue weighted by atomic mass is 9.93. The van der Waals surface area contributed by atoms with Crippen molar-refractivity contribution >= 4 is 6.29 Å². The average molecular weight is 180 g/mol. The Kier molecular flexibility index (Phi) is 2.10. The summed E-state index contributed by atoms with van der Waals surface area (Å²) in [6.45, 7) is 1.18. The quantitative estimate of drug-likeness (QED) is 0.648. The van der Waals surface area contributed by atoms with Crippen LogP contribution in [0.25, 0.3) is 0 Å². The minimum atomic E-state index is -0.299. The highest BCUT2D eigenvalue weighted by atomic mass is 19.1. The molecule has 2 nitrogen and oxygen atoms in total. The predicted molar refractivity (Wildman–Crippen MR) is 45.3 cm³/mol. The zero-order valence-corrected chi connectivity index (χ0v) is 7.00. The van der Waals surface area contributed by atoms with Crippen molar-refractivity contribution in [3.63, 3.8) is 0 Å². The fourth-order valence-electron chi connectivity index (χ4n) is 1.42. The van der Waals surface area contributed by atoms with E-state index in [1.165, 1.54) is 18.2 Å². The Hall–Kier alpha value is -1.22. The SMILES string of the molecule is O=Cc1ccc(F)cc1C1COC1. The predicted octanol–water partition coefficient (Wildman–Crippen LogP) is 1.75. The fraction of sp³-hybridized carbons (Fsp3) is 0.300. The Morgan fingerprint density at radius 3 is 2.77 bits per heavy atom. The van der Waals surface area contributed by atoms with E-state index in [9.17, 15) is 9.18 Å². The molecular formula is C10H9FO2. The molecule has 1 aromatic carbocycles. The maximum atomic E-state index is 12.8. The Morgan fingerprint density at radius 2 is 2.23 bits per heavy atom. The number of carbonyl (C=O) groups is 1. The first-order valence-electron chi connectivity index (χ1n) is 4.13. The topological polar surface area (TPSA) is 26.3 Å². The normalized spacial score (nSPS) is 16.7. The summed E-state index contributed by atoms with van der Waals surface area (Å²) in [5.41, 5.74) is 1.33. The molecule has 0 bridgehead atoms. The fourth-order valence-corrected chi connectivity index (χ4v) is 1.42. The largest absolute Gasteiger partial charge is 0.380 e. The maximum absolute atomic E-state index is 12.8. The lowest BCUT2D eigenvalue weighted by Crippen LogP contribution is -2.26. The monoisotopic (exact) mass is 180 g/mol. The molecule has 1 aliphatic rings. The molecule has 1 heterocycles. The Labute approximate surface area is 75.3 Å². The van der Waals surface area contributed by atoms with Gasteiger partial charge in [0.1, 0.15) is 12.1 Å². The second-order valence-electron chi connectivity index (χ2n) is 3.13. The van der Waals surface area contributed by atoms with E-state index in [4.69, 9.17) is 4.74 Å². The molecule has 1 saturated heterocycles. The summed E-state index contributed by atoms with van der Waals surface area (Å²) < 4.78 is 17.8. The molecule has 1 aromatic rings. The van der Waals surface area contributed by atoms with E-state index in [2.05, 4.69) is 0 Å². The first-order chi connectivity index (χ1) is 6.31. The minimum absolute atomic E-state index is 0.191. The van der Waals surface area contributed by atoms with E-state index in [0.717, 1.165) is 11.8 Å². The highest BCUT2D eigenvalue weighted by molar-refractivity contribution is 5.77. The molecule has 0 spiro atoms. The van der Waals surface area contributed by atoms with Crippen LogP contribution in [0.2, 0.25) is 0 Å². The van der Waals surface area contributed by atoms with Gasteiger partial charge in [0.2, 0.25) is 0 Å². The zero-order chi connectivity index (χ0) is 9.26. The number of hydrogen-bond donors (Lipinski definition) is 0. The van der Waals surface area contributed by atoms with Crippen molar-refractivity contribution in [2.45, 2.75) is 5.92 Å². The summed E-state index contributed by atoms with van der Waals surface area (Å²) >= 11 is 0. The molecule has 13 heavy (non-hydrogen) atoms. The van der Waals surface area contributed by atoms with E-state index in [1.54, 1.807) is 0 Å². The molecule has 0 unspecified atom stereocenters. The molecule has 0 aliphatic carbocycles. The summed E-state index contributed by atoms with van der Waals surface area (Å²) in [6.07, 6.45) is 0.757. The van der Waals surface area contributed by atoms with Crippen LogP contribution in [0.1, 0.15) is 21.8 Å². The molecule has 0 N–H and O–H groups in total. The molecule has 0 saturated carbocycles. The second-order valence-corrected chi connectivity index (χ2v) is 3.13. The zero-order valence-electron chi connectivity index (χ0n) is 7.00. The van der Waals surface area contributed by atoms with Gasteiger partial charge in [0.25, 0.3) is 0 Å². The van der Waals surface area contributed by atoms with E-state index in [-0.39, 0.29) is 11.7 Å². The molecular weight excluding hydrogens is 171 g/mol. The highest BCUT2D eigenvalue weighted by Gasteiger charge is 2.23. The molecule has 68 valence electrons. The van der Waals surface area contributed by atoms with E-state index >= 15 is 0 Å². The van der Waals surface area contributed by atoms with Crippen LogP contribution >= 0.6 is 0 Å². The molecule has 3 heteroatoms. The van der Waals surface area contributed by atoms with Crippen molar-refractivity contribution < 1.29 is 13.9 Å². The number of carbonyl (C=O) groups excluding carboxylic acids is 1. The van der Waals surface area contributed by atoms with Crippen molar-refractivity contribution in [2.75, 3.05) is 13.2 Å². The Morgan fingerprint density at radius 1 is 1.46 bits per heavy atom. The van der Waals surface area contributed by atoms with Gasteiger partial charge in [-0.05, 0) is 23.8 Å². The third kappa shape index (κ3) is 1.47. The van der Waals surface area contributed by atoms with Crippen LogP contribution in [0, 0.1) is 5.82 Å². The second kappa shape index (κ2) is 3.26. The molecule has 1 fully saturated rings. The summed E-state index contributed by atoms with van der Waals surface area (Å²) in [5, 5.41) is 0. The van der Waals surface area contributed by atoms with Crippen molar-refractivity contribution in [2.24, 2.45) is 0 Å². The number of benzene rings is 1. The van der Waals surface area contributed by atoms with Crippen LogP contribution < -0.4 is 0 Å². The summed E-state index contributed by atoms with van der Waals surface area (Å²) in [6, 6.07) is 4.22. The van der Waals surface area contributed by atoms with Crippen molar-refractivity contribution in [1.82, 2.24) is 0 Å². The van der Waals surface area contributed by atoms with E-state index in [1.807, 2.05) is 0 Å². The molecule has 0 radical (unpaired) electrons. The van der Waals surface area contributed by atoms with Gasteiger partial charge in [-0.15, -0.1) is 0 Å². The van der Waals surface area contributed by atoms with Crippen LogP contribution in [0.15, 0.2) is 18.2 Å². The summed E-state index contributed by atoms with van der Waals surface area (Å²) in [5.74, 6) is -0.108. The van der Waals surface area contributed by atoms with Gasteiger partial charge in [-0.3, -0.25) is 4.79 Å². The van der Waals surface area contributed by atoms with Gasteiger partial charge >= 0.3 is 0 Å². The van der Waals surface area contributed by atoms with E-state index in [0.29, 0.717) is 18.8 Å². The number of hydrogen-bond acceptors (Lipinski definition) is 2.